The zero-order valence-corrected chi connectivity index (χ0v) is 23.0. The second-order valence-corrected chi connectivity index (χ2v) is 9.86. The lowest BCUT2D eigenvalue weighted by Crippen LogP contribution is -2.48. The van der Waals surface area contributed by atoms with Crippen LogP contribution in [0.2, 0.25) is 0 Å². The minimum atomic E-state index is -0.934. The highest BCUT2D eigenvalue weighted by Gasteiger charge is 2.43. The summed E-state index contributed by atoms with van der Waals surface area (Å²) in [6.45, 7) is 7.52. The van der Waals surface area contributed by atoms with Gasteiger partial charge in [-0.1, -0.05) is 48.2 Å². The van der Waals surface area contributed by atoms with E-state index < -0.39 is 18.1 Å². The number of fused-ring (bicyclic) bond motifs is 1. The van der Waals surface area contributed by atoms with Crippen molar-refractivity contribution in [1.82, 2.24) is 4.90 Å². The standard InChI is InChI=1S/C33H31N3O4/c1-5-40-30(37)18-23(4)36-31(27-12-7-6-8-13-27)33(39)35(22(2)3)29-17-16-25(20-28(29)32(36)38)15-14-24-10-9-11-26(19-24)21-34/h6-13,16-17,19-20,22-23,31H,5,18H2,1-4H3. The van der Waals surface area contributed by atoms with Crippen LogP contribution in [0.25, 0.3) is 0 Å². The Balaban J connectivity index is 1.85. The summed E-state index contributed by atoms with van der Waals surface area (Å²) >= 11 is 0. The van der Waals surface area contributed by atoms with E-state index in [0.717, 1.165) is 0 Å². The second kappa shape index (κ2) is 12.3. The van der Waals surface area contributed by atoms with Gasteiger partial charge in [-0.2, -0.15) is 5.26 Å². The number of hydrogen-bond donors (Lipinski definition) is 0. The maximum atomic E-state index is 14.3. The molecule has 0 aliphatic carbocycles. The topological polar surface area (TPSA) is 90.7 Å². The highest BCUT2D eigenvalue weighted by Crippen LogP contribution is 2.38. The third-order valence-electron chi connectivity index (χ3n) is 6.69. The lowest BCUT2D eigenvalue weighted by atomic mass is 10.0. The molecule has 0 aromatic heterocycles. The van der Waals surface area contributed by atoms with Gasteiger partial charge in [-0.3, -0.25) is 14.4 Å². The number of benzene rings is 3. The maximum Gasteiger partial charge on any atom is 0.307 e. The fraction of sp³-hybridized carbons (Fsp3) is 0.273. The van der Waals surface area contributed by atoms with Gasteiger partial charge in [-0.25, -0.2) is 0 Å². The van der Waals surface area contributed by atoms with Gasteiger partial charge in [0, 0.05) is 23.2 Å². The summed E-state index contributed by atoms with van der Waals surface area (Å²) in [6, 6.07) is 21.7. The third-order valence-corrected chi connectivity index (χ3v) is 6.69. The van der Waals surface area contributed by atoms with Crippen LogP contribution in [-0.4, -0.2) is 41.4 Å². The molecule has 4 rings (SSSR count). The molecule has 0 saturated carbocycles. The molecule has 2 unspecified atom stereocenters. The molecule has 3 aromatic rings. The summed E-state index contributed by atoms with van der Waals surface area (Å²) in [5.41, 5.74) is 3.25. The zero-order chi connectivity index (χ0) is 28.8. The van der Waals surface area contributed by atoms with E-state index in [2.05, 4.69) is 17.9 Å². The molecule has 7 nitrogen and oxygen atoms in total. The van der Waals surface area contributed by atoms with Gasteiger partial charge in [0.1, 0.15) is 6.04 Å². The van der Waals surface area contributed by atoms with E-state index >= 15 is 0 Å². The summed E-state index contributed by atoms with van der Waals surface area (Å²) in [7, 11) is 0. The molecule has 1 heterocycles. The first-order valence-electron chi connectivity index (χ1n) is 13.3. The van der Waals surface area contributed by atoms with Gasteiger partial charge in [-0.15, -0.1) is 0 Å². The highest BCUT2D eigenvalue weighted by atomic mass is 16.5. The Hall–Kier alpha value is -4.88. The largest absolute Gasteiger partial charge is 0.466 e. The third kappa shape index (κ3) is 5.90. The van der Waals surface area contributed by atoms with Crippen LogP contribution < -0.4 is 4.90 Å². The number of rotatable bonds is 6. The summed E-state index contributed by atoms with van der Waals surface area (Å²) < 4.78 is 5.17. The Labute approximate surface area is 235 Å². The number of nitriles is 1. The average Bonchev–Trinajstić information content (AvgIpc) is 3.04. The lowest BCUT2D eigenvalue weighted by molar-refractivity contribution is -0.144. The molecule has 202 valence electrons. The molecule has 1 aliphatic rings. The van der Waals surface area contributed by atoms with Crippen molar-refractivity contribution >= 4 is 23.5 Å². The van der Waals surface area contributed by atoms with Crippen molar-refractivity contribution in [2.45, 2.75) is 52.2 Å². The van der Waals surface area contributed by atoms with Crippen molar-refractivity contribution in [3.8, 4) is 17.9 Å². The number of amides is 2. The van der Waals surface area contributed by atoms with E-state index in [1.165, 1.54) is 4.90 Å². The van der Waals surface area contributed by atoms with Crippen LogP contribution >= 0.6 is 0 Å². The molecule has 1 aliphatic heterocycles. The molecular formula is C33H31N3O4. The molecule has 0 bridgehead atoms. The Bertz CT molecular complexity index is 1530. The predicted octanol–water partition coefficient (Wildman–Crippen LogP) is 5.24. The predicted molar refractivity (Wildman–Crippen MR) is 152 cm³/mol. The highest BCUT2D eigenvalue weighted by molar-refractivity contribution is 6.11. The summed E-state index contributed by atoms with van der Waals surface area (Å²) in [6.07, 6.45) is -0.0536. The fourth-order valence-corrected chi connectivity index (χ4v) is 4.92. The molecule has 2 amide bonds. The van der Waals surface area contributed by atoms with Crippen molar-refractivity contribution in [3.63, 3.8) is 0 Å². The van der Waals surface area contributed by atoms with E-state index in [-0.39, 0.29) is 30.9 Å². The molecule has 0 saturated heterocycles. The molecule has 7 heteroatoms. The van der Waals surface area contributed by atoms with Crippen LogP contribution in [-0.2, 0) is 14.3 Å². The Morgan fingerprint density at radius 2 is 1.60 bits per heavy atom. The molecular weight excluding hydrogens is 502 g/mol. The van der Waals surface area contributed by atoms with Crippen LogP contribution in [0.15, 0.2) is 72.8 Å². The lowest BCUT2D eigenvalue weighted by Gasteiger charge is -2.36. The molecule has 0 fully saturated rings. The van der Waals surface area contributed by atoms with Crippen LogP contribution in [0, 0.1) is 23.2 Å². The summed E-state index contributed by atoms with van der Waals surface area (Å²) in [5, 5.41) is 9.18. The smallest absolute Gasteiger partial charge is 0.307 e. The van der Waals surface area contributed by atoms with Gasteiger partial charge in [0.25, 0.3) is 11.8 Å². The number of anilines is 1. The van der Waals surface area contributed by atoms with Gasteiger partial charge < -0.3 is 14.5 Å². The molecule has 40 heavy (non-hydrogen) atoms. The molecule has 0 radical (unpaired) electrons. The van der Waals surface area contributed by atoms with E-state index in [0.29, 0.717) is 33.5 Å². The Morgan fingerprint density at radius 3 is 2.25 bits per heavy atom. The normalized spacial score (nSPS) is 15.4. The molecule has 0 N–H and O–H groups in total. The first kappa shape index (κ1) is 28.1. The minimum absolute atomic E-state index is 0.0536. The van der Waals surface area contributed by atoms with Crippen molar-refractivity contribution in [1.29, 1.82) is 5.26 Å². The van der Waals surface area contributed by atoms with Crippen molar-refractivity contribution < 1.29 is 19.1 Å². The SMILES string of the molecule is CCOC(=O)CC(C)N1C(=O)c2cc(C#Cc3cccc(C#N)c3)ccc2N(C(C)C)C(=O)C1c1ccccc1. The molecule has 3 aromatic carbocycles. The van der Waals surface area contributed by atoms with E-state index in [4.69, 9.17) is 4.74 Å². The monoisotopic (exact) mass is 533 g/mol. The number of hydrogen-bond acceptors (Lipinski definition) is 5. The van der Waals surface area contributed by atoms with E-state index in [9.17, 15) is 19.6 Å². The minimum Gasteiger partial charge on any atom is -0.466 e. The van der Waals surface area contributed by atoms with Crippen molar-refractivity contribution in [2.24, 2.45) is 0 Å². The Kier molecular flexibility index (Phi) is 8.67. The number of carbonyl (C=O) groups is 3. The summed E-state index contributed by atoms with van der Waals surface area (Å²) in [4.78, 5) is 44.2. The quantitative estimate of drug-likeness (QED) is 0.319. The number of ether oxygens (including phenoxy) is 1. The number of esters is 1. The van der Waals surface area contributed by atoms with Crippen LogP contribution in [0.4, 0.5) is 5.69 Å². The molecule has 2 atom stereocenters. The fourth-order valence-electron chi connectivity index (χ4n) is 4.92. The van der Waals surface area contributed by atoms with Crippen molar-refractivity contribution in [3.05, 3.63) is 101 Å². The first-order chi connectivity index (χ1) is 19.2. The summed E-state index contributed by atoms with van der Waals surface area (Å²) in [5.74, 6) is 5.08. The number of nitrogens with zero attached hydrogens (tertiary/aromatic N) is 3. The van der Waals surface area contributed by atoms with Crippen molar-refractivity contribution in [2.75, 3.05) is 11.5 Å². The van der Waals surface area contributed by atoms with E-state index in [1.807, 2.05) is 50.2 Å². The van der Waals surface area contributed by atoms with Crippen LogP contribution in [0.1, 0.15) is 72.8 Å². The Morgan fingerprint density at radius 1 is 0.925 bits per heavy atom. The average molecular weight is 534 g/mol. The van der Waals surface area contributed by atoms with Gasteiger partial charge in [-0.05, 0) is 69.7 Å². The van der Waals surface area contributed by atoms with Crippen LogP contribution in [0.5, 0.6) is 0 Å². The van der Waals surface area contributed by atoms with Gasteiger partial charge in [0.05, 0.1) is 35.9 Å². The number of carbonyl (C=O) groups excluding carboxylic acids is 3. The second-order valence-electron chi connectivity index (χ2n) is 9.86. The van der Waals surface area contributed by atoms with E-state index in [1.54, 1.807) is 55.1 Å². The molecule has 0 spiro atoms. The first-order valence-corrected chi connectivity index (χ1v) is 13.3. The zero-order valence-electron chi connectivity index (χ0n) is 23.0. The maximum absolute atomic E-state index is 14.3. The van der Waals surface area contributed by atoms with Gasteiger partial charge in [0.15, 0.2) is 0 Å². The van der Waals surface area contributed by atoms with Gasteiger partial charge >= 0.3 is 5.97 Å². The van der Waals surface area contributed by atoms with Gasteiger partial charge in [0.2, 0.25) is 0 Å². The van der Waals surface area contributed by atoms with Crippen LogP contribution in [0.3, 0.4) is 0 Å².